The first-order valence-electron chi connectivity index (χ1n) is 11.9. The molecular formula is C24H47NO3. The van der Waals surface area contributed by atoms with Crippen LogP contribution in [-0.2, 0) is 4.79 Å². The van der Waals surface area contributed by atoms with Crippen molar-refractivity contribution < 1.29 is 15.0 Å². The average molecular weight is 398 g/mol. The van der Waals surface area contributed by atoms with E-state index in [4.69, 9.17) is 5.11 Å². The van der Waals surface area contributed by atoms with Crippen LogP contribution in [-0.4, -0.2) is 46.8 Å². The van der Waals surface area contributed by atoms with Gasteiger partial charge < -0.3 is 15.1 Å². The van der Waals surface area contributed by atoms with Crippen molar-refractivity contribution >= 4 is 5.97 Å². The number of likely N-dealkylation sites (N-methyl/N-ethyl adjacent to an activating group) is 1. The summed E-state index contributed by atoms with van der Waals surface area (Å²) in [6.07, 6.45) is 21.4. The van der Waals surface area contributed by atoms with Gasteiger partial charge in [0.25, 0.3) is 0 Å². The third-order valence-corrected chi connectivity index (χ3v) is 5.41. The molecule has 1 unspecified atom stereocenters. The summed E-state index contributed by atoms with van der Waals surface area (Å²) in [6.45, 7) is 7.20. The van der Waals surface area contributed by atoms with Crippen molar-refractivity contribution in [1.82, 2.24) is 4.90 Å². The number of carboxylic acids is 1. The molecule has 28 heavy (non-hydrogen) atoms. The number of aliphatic carboxylic acids is 1. The molecule has 0 aliphatic rings. The van der Waals surface area contributed by atoms with E-state index >= 15 is 0 Å². The molecule has 0 bridgehead atoms. The number of rotatable bonds is 21. The van der Waals surface area contributed by atoms with Crippen LogP contribution in [0, 0.1) is 0 Å². The fourth-order valence-electron chi connectivity index (χ4n) is 3.41. The van der Waals surface area contributed by atoms with Gasteiger partial charge in [0.2, 0.25) is 0 Å². The zero-order valence-electron chi connectivity index (χ0n) is 18.7. The highest BCUT2D eigenvalue weighted by Crippen LogP contribution is 2.10. The van der Waals surface area contributed by atoms with E-state index in [-0.39, 0.29) is 6.10 Å². The Hall–Kier alpha value is -0.870. The lowest BCUT2D eigenvalue weighted by Gasteiger charge is -2.22. The molecule has 4 heteroatoms. The van der Waals surface area contributed by atoms with Crippen LogP contribution in [0.4, 0.5) is 0 Å². The maximum atomic E-state index is 10.4. The molecule has 4 nitrogen and oxygen atoms in total. The summed E-state index contributed by atoms with van der Waals surface area (Å²) in [7, 11) is 0. The lowest BCUT2D eigenvalue weighted by Crippen LogP contribution is -2.32. The first kappa shape index (κ1) is 27.1. The number of aliphatic hydroxyl groups is 1. The van der Waals surface area contributed by atoms with Gasteiger partial charge in [0.15, 0.2) is 0 Å². The van der Waals surface area contributed by atoms with Gasteiger partial charge in [-0.2, -0.15) is 0 Å². The average Bonchev–Trinajstić information content (AvgIpc) is 2.68. The summed E-state index contributed by atoms with van der Waals surface area (Å²) in [6, 6.07) is 0. The number of aliphatic hydroxyl groups excluding tert-OH is 1. The molecule has 0 fully saturated rings. The summed E-state index contributed by atoms with van der Waals surface area (Å²) in [5.74, 6) is -0.672. The Morgan fingerprint density at radius 1 is 0.821 bits per heavy atom. The monoisotopic (exact) mass is 397 g/mol. The van der Waals surface area contributed by atoms with Crippen LogP contribution in [0.2, 0.25) is 0 Å². The normalized spacial score (nSPS) is 12.9. The minimum Gasteiger partial charge on any atom is -0.481 e. The van der Waals surface area contributed by atoms with Crippen LogP contribution in [0.3, 0.4) is 0 Å². The molecule has 0 saturated heterocycles. The van der Waals surface area contributed by atoms with E-state index in [1.54, 1.807) is 0 Å². The number of carbonyl (C=O) groups is 1. The molecule has 0 aromatic rings. The van der Waals surface area contributed by atoms with Crippen LogP contribution in [0.25, 0.3) is 0 Å². The summed E-state index contributed by atoms with van der Waals surface area (Å²) >= 11 is 0. The Morgan fingerprint density at radius 3 is 1.82 bits per heavy atom. The highest BCUT2D eigenvalue weighted by atomic mass is 16.4. The number of nitrogens with zero attached hydrogens (tertiary/aromatic N) is 1. The molecule has 166 valence electrons. The second-order valence-corrected chi connectivity index (χ2v) is 8.04. The Kier molecular flexibility index (Phi) is 20.2. The van der Waals surface area contributed by atoms with Crippen molar-refractivity contribution in [3.8, 4) is 0 Å². The van der Waals surface area contributed by atoms with Crippen molar-refractivity contribution in [3.05, 3.63) is 12.2 Å². The van der Waals surface area contributed by atoms with E-state index in [0.29, 0.717) is 6.42 Å². The predicted molar refractivity (Wildman–Crippen MR) is 120 cm³/mol. The van der Waals surface area contributed by atoms with Gasteiger partial charge in [-0.15, -0.1) is 0 Å². The first-order valence-corrected chi connectivity index (χ1v) is 11.9. The Bertz CT molecular complexity index is 371. The number of allylic oxidation sites excluding steroid dienone is 2. The van der Waals surface area contributed by atoms with Crippen LogP contribution < -0.4 is 0 Å². The van der Waals surface area contributed by atoms with Gasteiger partial charge in [0.05, 0.1) is 6.10 Å². The molecule has 2 N–H and O–H groups in total. The molecule has 0 rings (SSSR count). The van der Waals surface area contributed by atoms with Crippen molar-refractivity contribution in [2.45, 2.75) is 116 Å². The number of hydrogen-bond acceptors (Lipinski definition) is 3. The minimum absolute atomic E-state index is 0.170. The zero-order valence-corrected chi connectivity index (χ0v) is 18.7. The highest BCUT2D eigenvalue weighted by Gasteiger charge is 2.07. The van der Waals surface area contributed by atoms with Crippen molar-refractivity contribution in [3.63, 3.8) is 0 Å². The van der Waals surface area contributed by atoms with E-state index in [1.807, 2.05) is 6.92 Å². The molecule has 1 atom stereocenters. The maximum Gasteiger partial charge on any atom is 0.303 e. The Morgan fingerprint density at radius 2 is 1.32 bits per heavy atom. The van der Waals surface area contributed by atoms with Crippen molar-refractivity contribution in [2.24, 2.45) is 0 Å². The topological polar surface area (TPSA) is 60.8 Å². The Labute approximate surface area is 174 Å². The zero-order chi connectivity index (χ0) is 20.9. The second-order valence-electron chi connectivity index (χ2n) is 8.04. The van der Waals surface area contributed by atoms with Crippen molar-refractivity contribution in [1.29, 1.82) is 0 Å². The summed E-state index contributed by atoms with van der Waals surface area (Å²) < 4.78 is 0. The fourth-order valence-corrected chi connectivity index (χ4v) is 3.41. The van der Waals surface area contributed by atoms with Gasteiger partial charge in [-0.05, 0) is 58.0 Å². The van der Waals surface area contributed by atoms with Crippen molar-refractivity contribution in [2.75, 3.05) is 19.6 Å². The molecule has 0 aromatic heterocycles. The second kappa shape index (κ2) is 20.9. The molecule has 0 aliphatic heterocycles. The standard InChI is InChI=1S/C24H47NO3/c1-3-23(26)22-25(4-2)21-19-17-15-13-11-9-7-5-6-8-10-12-14-16-18-20-24(27)28/h5-6,23,26H,3-4,7-22H2,1-2H3,(H,27,28). The molecule has 0 aromatic carbocycles. The first-order chi connectivity index (χ1) is 13.6. The van der Waals surface area contributed by atoms with Gasteiger partial charge in [-0.3, -0.25) is 4.79 Å². The van der Waals surface area contributed by atoms with Gasteiger partial charge in [0.1, 0.15) is 0 Å². The molecule has 0 amide bonds. The molecule has 0 radical (unpaired) electrons. The maximum absolute atomic E-state index is 10.4. The summed E-state index contributed by atoms with van der Waals surface area (Å²) in [5.41, 5.74) is 0. The lowest BCUT2D eigenvalue weighted by atomic mass is 10.1. The molecule has 0 heterocycles. The van der Waals surface area contributed by atoms with Crippen LogP contribution in [0.1, 0.15) is 110 Å². The van der Waals surface area contributed by atoms with E-state index < -0.39 is 5.97 Å². The van der Waals surface area contributed by atoms with E-state index in [9.17, 15) is 9.90 Å². The molecule has 0 spiro atoms. The quantitative estimate of drug-likeness (QED) is 0.179. The van der Waals surface area contributed by atoms with Gasteiger partial charge >= 0.3 is 5.97 Å². The van der Waals surface area contributed by atoms with Gasteiger partial charge in [-0.1, -0.05) is 70.9 Å². The summed E-state index contributed by atoms with van der Waals surface area (Å²) in [5, 5.41) is 18.3. The van der Waals surface area contributed by atoms with E-state index in [1.165, 1.54) is 64.2 Å². The van der Waals surface area contributed by atoms with Crippen LogP contribution in [0.15, 0.2) is 12.2 Å². The molecule has 0 aliphatic carbocycles. The van der Waals surface area contributed by atoms with Gasteiger partial charge in [-0.25, -0.2) is 0 Å². The predicted octanol–water partition coefficient (Wildman–Crippen LogP) is 6.18. The van der Waals surface area contributed by atoms with E-state index in [0.717, 1.165) is 45.3 Å². The van der Waals surface area contributed by atoms with Crippen LogP contribution >= 0.6 is 0 Å². The third-order valence-electron chi connectivity index (χ3n) is 5.41. The fraction of sp³-hybridized carbons (Fsp3) is 0.875. The smallest absolute Gasteiger partial charge is 0.303 e. The number of hydrogen-bond donors (Lipinski definition) is 2. The SMILES string of the molecule is CCC(O)CN(CC)CCCCCCCCC=CCCCCCCCC(=O)O. The third kappa shape index (κ3) is 19.9. The lowest BCUT2D eigenvalue weighted by molar-refractivity contribution is -0.137. The molecular weight excluding hydrogens is 350 g/mol. The Balaban J connectivity index is 3.30. The number of unbranched alkanes of at least 4 members (excludes halogenated alkanes) is 11. The summed E-state index contributed by atoms with van der Waals surface area (Å²) in [4.78, 5) is 12.8. The van der Waals surface area contributed by atoms with E-state index in [2.05, 4.69) is 24.0 Å². The largest absolute Gasteiger partial charge is 0.481 e. The molecule has 0 saturated carbocycles. The minimum atomic E-state index is -0.672. The van der Waals surface area contributed by atoms with Gasteiger partial charge in [0, 0.05) is 13.0 Å². The highest BCUT2D eigenvalue weighted by molar-refractivity contribution is 5.66. The number of carboxylic acid groups (broad SMARTS) is 1. The van der Waals surface area contributed by atoms with Crippen LogP contribution in [0.5, 0.6) is 0 Å².